The fourth-order valence-electron chi connectivity index (χ4n) is 5.17. The van der Waals surface area contributed by atoms with Gasteiger partial charge in [0, 0.05) is 22.7 Å². The highest BCUT2D eigenvalue weighted by molar-refractivity contribution is 7.90. The average molecular weight is 596 g/mol. The van der Waals surface area contributed by atoms with Crippen molar-refractivity contribution in [3.8, 4) is 11.3 Å². The van der Waals surface area contributed by atoms with Crippen LogP contribution in [0.3, 0.4) is 0 Å². The zero-order chi connectivity index (χ0) is 28.1. The Balaban J connectivity index is 1.59. The van der Waals surface area contributed by atoms with Gasteiger partial charge in [0.15, 0.2) is 10.4 Å². The third-order valence-electron chi connectivity index (χ3n) is 7.10. The van der Waals surface area contributed by atoms with E-state index in [0.29, 0.717) is 13.0 Å². The summed E-state index contributed by atoms with van der Waals surface area (Å²) in [5, 5.41) is 18.5. The molecule has 3 aromatic rings. The number of anilines is 1. The summed E-state index contributed by atoms with van der Waals surface area (Å²) in [5.74, 6) is -1.14. The molecule has 0 saturated carbocycles. The Hall–Kier alpha value is -3.10. The number of aliphatic hydroxyl groups is 1. The van der Waals surface area contributed by atoms with Gasteiger partial charge in [-0.15, -0.1) is 11.6 Å². The van der Waals surface area contributed by atoms with Crippen LogP contribution in [0.15, 0.2) is 47.8 Å². The summed E-state index contributed by atoms with van der Waals surface area (Å²) in [6.07, 6.45) is 6.66. The number of hydrogen-bond acceptors (Lipinski definition) is 8. The summed E-state index contributed by atoms with van der Waals surface area (Å²) in [4.78, 5) is 22.9. The number of benzene rings is 1. The minimum Gasteiger partial charge on any atom is -0.394 e. The third kappa shape index (κ3) is 4.47. The van der Waals surface area contributed by atoms with Gasteiger partial charge in [-0.05, 0) is 25.0 Å². The molecule has 0 bridgehead atoms. The van der Waals surface area contributed by atoms with Crippen LogP contribution in [0.4, 0.5) is 10.2 Å². The van der Waals surface area contributed by atoms with Crippen LogP contribution in [0.25, 0.3) is 22.3 Å². The van der Waals surface area contributed by atoms with Crippen molar-refractivity contribution in [3.63, 3.8) is 0 Å². The summed E-state index contributed by atoms with van der Waals surface area (Å²) >= 11 is 12.5. The monoisotopic (exact) mass is 595 g/mol. The molecule has 0 radical (unpaired) electrons. The number of rotatable bonds is 6. The molecule has 5 rings (SSSR count). The lowest BCUT2D eigenvalue weighted by Gasteiger charge is -2.35. The number of nitrogen functional groups attached to an aromatic ring is 1. The Morgan fingerprint density at radius 2 is 2.08 bits per heavy atom. The third-order valence-corrected chi connectivity index (χ3v) is 9.80. The number of amides is 1. The second-order valence-electron chi connectivity index (χ2n) is 9.34. The summed E-state index contributed by atoms with van der Waals surface area (Å²) < 4.78 is 40.4. The Kier molecular flexibility index (Phi) is 7.14. The molecule has 2 unspecified atom stereocenters. The molecule has 0 spiro atoms. The molecule has 2 aromatic heterocycles. The van der Waals surface area contributed by atoms with E-state index in [4.69, 9.17) is 34.1 Å². The van der Waals surface area contributed by atoms with Gasteiger partial charge < -0.3 is 15.7 Å². The lowest BCUT2D eigenvalue weighted by molar-refractivity contribution is -0.133. The molecular weight excluding hydrogens is 572 g/mol. The van der Waals surface area contributed by atoms with Crippen LogP contribution in [-0.4, -0.2) is 68.7 Å². The summed E-state index contributed by atoms with van der Waals surface area (Å²) in [7, 11) is -4.49. The molecular formula is C24H24Cl2FN7O4S. The number of carbonyl (C=O) groups excluding carboxylic acids is 1. The first-order chi connectivity index (χ1) is 18.5. The van der Waals surface area contributed by atoms with Crippen molar-refractivity contribution in [2.75, 3.05) is 18.9 Å². The maximum Gasteiger partial charge on any atom is 0.244 e. The predicted molar refractivity (Wildman–Crippen MR) is 144 cm³/mol. The van der Waals surface area contributed by atoms with Crippen molar-refractivity contribution in [1.29, 1.82) is 0 Å². The fourth-order valence-corrected chi connectivity index (χ4v) is 7.27. The summed E-state index contributed by atoms with van der Waals surface area (Å²) in [6.45, 7) is 0.181. The molecule has 11 nitrogen and oxygen atoms in total. The summed E-state index contributed by atoms with van der Waals surface area (Å²) in [5.41, 5.74) is 6.49. The second-order valence-corrected chi connectivity index (χ2v) is 12.0. The van der Waals surface area contributed by atoms with E-state index in [2.05, 4.69) is 15.1 Å². The van der Waals surface area contributed by atoms with Crippen molar-refractivity contribution in [2.45, 2.75) is 35.6 Å². The van der Waals surface area contributed by atoms with Crippen molar-refractivity contribution in [1.82, 2.24) is 24.6 Å². The van der Waals surface area contributed by atoms with E-state index in [1.54, 1.807) is 4.90 Å². The van der Waals surface area contributed by atoms with Crippen LogP contribution in [0, 0.1) is 5.82 Å². The number of fused-ring (bicyclic) bond motifs is 1. The molecule has 1 amide bonds. The molecule has 1 aromatic carbocycles. The minimum atomic E-state index is -4.49. The SMILES string of the molecule is Nc1ncnc2c1c(-c1ccc(C3(S(N)(=O)=O)C=CC=C(Cl)C3Cl)c(F)c1)nn2CC(=O)N1CCC[C@@H]1CO. The molecule has 5 N–H and O–H groups in total. The number of nitrogens with zero attached hydrogens (tertiary/aromatic N) is 5. The number of primary sulfonamides is 1. The largest absolute Gasteiger partial charge is 0.394 e. The Labute approximate surface area is 232 Å². The molecule has 1 saturated heterocycles. The van der Waals surface area contributed by atoms with E-state index in [1.165, 1.54) is 41.4 Å². The second kappa shape index (κ2) is 10.1. The fraction of sp³-hybridized carbons (Fsp3) is 0.333. The first kappa shape index (κ1) is 27.5. The zero-order valence-corrected chi connectivity index (χ0v) is 22.7. The zero-order valence-electron chi connectivity index (χ0n) is 20.3. The molecule has 2 aliphatic rings. The highest BCUT2D eigenvalue weighted by Crippen LogP contribution is 2.45. The highest BCUT2D eigenvalue weighted by atomic mass is 35.5. The quantitative estimate of drug-likeness (QED) is 0.363. The van der Waals surface area contributed by atoms with Crippen LogP contribution in [0.5, 0.6) is 0 Å². The number of allylic oxidation sites excluding steroid dienone is 3. The van der Waals surface area contributed by atoms with Crippen LogP contribution in [-0.2, 0) is 26.1 Å². The Morgan fingerprint density at radius 3 is 2.77 bits per heavy atom. The minimum absolute atomic E-state index is 0.0163. The normalized spacial score (nSPS) is 23.4. The first-order valence-corrected chi connectivity index (χ1v) is 14.2. The van der Waals surface area contributed by atoms with Gasteiger partial charge in [-0.25, -0.2) is 32.6 Å². The number of alkyl halides is 1. The lowest BCUT2D eigenvalue weighted by atomic mass is 9.89. The molecule has 1 fully saturated rings. The molecule has 15 heteroatoms. The molecule has 206 valence electrons. The number of aromatic nitrogens is 4. The maximum atomic E-state index is 15.7. The highest BCUT2D eigenvalue weighted by Gasteiger charge is 2.51. The predicted octanol–water partition coefficient (Wildman–Crippen LogP) is 1.98. The number of aliphatic hydroxyl groups excluding tert-OH is 1. The van der Waals surface area contributed by atoms with Crippen molar-refractivity contribution < 1.29 is 22.7 Å². The average Bonchev–Trinajstić information content (AvgIpc) is 3.51. The van der Waals surface area contributed by atoms with Crippen molar-refractivity contribution in [2.24, 2.45) is 5.14 Å². The smallest absolute Gasteiger partial charge is 0.244 e. The molecule has 1 aliphatic heterocycles. The van der Waals surface area contributed by atoms with Gasteiger partial charge in [0.2, 0.25) is 15.9 Å². The number of sulfonamides is 1. The number of likely N-dealkylation sites (tertiary alicyclic amines) is 1. The van der Waals surface area contributed by atoms with Gasteiger partial charge >= 0.3 is 0 Å². The van der Waals surface area contributed by atoms with E-state index < -0.39 is 26.0 Å². The number of carbonyl (C=O) groups is 1. The van der Waals surface area contributed by atoms with Crippen LogP contribution in [0.2, 0.25) is 0 Å². The van der Waals surface area contributed by atoms with E-state index in [1.807, 2.05) is 0 Å². The van der Waals surface area contributed by atoms with E-state index >= 15 is 4.39 Å². The van der Waals surface area contributed by atoms with E-state index in [-0.39, 0.29) is 63.8 Å². The van der Waals surface area contributed by atoms with E-state index in [9.17, 15) is 18.3 Å². The summed E-state index contributed by atoms with van der Waals surface area (Å²) in [6, 6.07) is 3.50. The van der Waals surface area contributed by atoms with E-state index in [0.717, 1.165) is 12.5 Å². The van der Waals surface area contributed by atoms with Gasteiger partial charge in [-0.1, -0.05) is 35.9 Å². The van der Waals surface area contributed by atoms with Crippen molar-refractivity contribution in [3.05, 3.63) is 59.2 Å². The van der Waals surface area contributed by atoms with Gasteiger partial charge in [0.05, 0.1) is 23.4 Å². The number of hydrogen-bond donors (Lipinski definition) is 3. The number of halogens is 3. The van der Waals surface area contributed by atoms with Gasteiger partial charge in [-0.2, -0.15) is 5.10 Å². The molecule has 3 heterocycles. The van der Waals surface area contributed by atoms with Crippen LogP contribution < -0.4 is 10.9 Å². The van der Waals surface area contributed by atoms with Gasteiger partial charge in [-0.3, -0.25) is 4.79 Å². The van der Waals surface area contributed by atoms with Gasteiger partial charge in [0.25, 0.3) is 0 Å². The van der Waals surface area contributed by atoms with Crippen LogP contribution in [0.1, 0.15) is 18.4 Å². The first-order valence-electron chi connectivity index (χ1n) is 11.9. The maximum absolute atomic E-state index is 15.7. The standard InChI is InChI=1S/C24H24Cl2FN7O4S/c25-16-4-1-7-24(21(16)26,39(29,37)38)15-6-5-13(9-17(15)27)20-19-22(28)30-12-31-23(19)34(32-20)10-18(36)33-8-2-3-14(33)11-35/h1,4-7,9,12,14,21,35H,2-3,8,10-11H2,(H2,28,30,31)(H2,29,37,38)/t14-,21?,24?/m1/s1. The Bertz CT molecular complexity index is 1640. The molecule has 39 heavy (non-hydrogen) atoms. The lowest BCUT2D eigenvalue weighted by Crippen LogP contribution is -2.48. The van der Waals surface area contributed by atoms with Crippen molar-refractivity contribution >= 4 is 56.0 Å². The van der Waals surface area contributed by atoms with Crippen LogP contribution >= 0.6 is 23.2 Å². The molecule has 1 aliphatic carbocycles. The van der Waals surface area contributed by atoms with Gasteiger partial charge in [0.1, 0.15) is 30.2 Å². The number of nitrogens with two attached hydrogens (primary N) is 2. The topological polar surface area (TPSA) is 170 Å². The molecule has 3 atom stereocenters. The Morgan fingerprint density at radius 1 is 1.31 bits per heavy atom.